The van der Waals surface area contributed by atoms with E-state index in [1.54, 1.807) is 13.3 Å². The SMILES string of the molecule is CCCOc1ncccc1CN=C(NCC)Nc1ccc(OC)c(OCC)c1. The number of hydrogen-bond acceptors (Lipinski definition) is 5. The molecule has 1 heterocycles. The summed E-state index contributed by atoms with van der Waals surface area (Å²) in [7, 11) is 1.63. The van der Waals surface area contributed by atoms with Gasteiger partial charge in [0.1, 0.15) is 0 Å². The Hall–Kier alpha value is -2.96. The van der Waals surface area contributed by atoms with Crippen LogP contribution >= 0.6 is 0 Å². The number of anilines is 1. The zero-order chi connectivity index (χ0) is 20.2. The lowest BCUT2D eigenvalue weighted by molar-refractivity contribution is 0.302. The molecule has 0 aliphatic carbocycles. The molecule has 0 unspecified atom stereocenters. The summed E-state index contributed by atoms with van der Waals surface area (Å²) >= 11 is 0. The third kappa shape index (κ3) is 6.33. The molecule has 2 aromatic rings. The first kappa shape index (κ1) is 21.3. The Balaban J connectivity index is 2.16. The van der Waals surface area contributed by atoms with E-state index in [4.69, 9.17) is 14.2 Å². The van der Waals surface area contributed by atoms with Gasteiger partial charge in [0.05, 0.1) is 26.9 Å². The zero-order valence-electron chi connectivity index (χ0n) is 17.1. The molecule has 0 spiro atoms. The molecule has 2 N–H and O–H groups in total. The van der Waals surface area contributed by atoms with Gasteiger partial charge in [-0.15, -0.1) is 0 Å². The van der Waals surface area contributed by atoms with Crippen molar-refractivity contribution in [2.24, 2.45) is 4.99 Å². The van der Waals surface area contributed by atoms with Crippen LogP contribution < -0.4 is 24.8 Å². The summed E-state index contributed by atoms with van der Waals surface area (Å²) in [6, 6.07) is 9.56. The van der Waals surface area contributed by atoms with Crippen molar-refractivity contribution in [3.8, 4) is 17.4 Å². The van der Waals surface area contributed by atoms with E-state index in [-0.39, 0.29) is 0 Å². The summed E-state index contributed by atoms with van der Waals surface area (Å²) in [5.74, 6) is 2.68. The molecule has 0 fully saturated rings. The monoisotopic (exact) mass is 386 g/mol. The average Bonchev–Trinajstić information content (AvgIpc) is 2.72. The summed E-state index contributed by atoms with van der Waals surface area (Å²) in [5, 5.41) is 6.55. The topological polar surface area (TPSA) is 77.0 Å². The molecule has 0 saturated heterocycles. The Morgan fingerprint density at radius 3 is 2.68 bits per heavy atom. The fourth-order valence-corrected chi connectivity index (χ4v) is 2.50. The molecule has 28 heavy (non-hydrogen) atoms. The molecule has 0 radical (unpaired) electrons. The number of nitrogens with zero attached hydrogens (tertiary/aromatic N) is 2. The molecule has 1 aromatic heterocycles. The average molecular weight is 386 g/mol. The Labute approximate surface area is 167 Å². The van der Waals surface area contributed by atoms with E-state index >= 15 is 0 Å². The lowest BCUT2D eigenvalue weighted by Crippen LogP contribution is -2.30. The van der Waals surface area contributed by atoms with Gasteiger partial charge in [0.25, 0.3) is 0 Å². The first-order valence-corrected chi connectivity index (χ1v) is 9.64. The highest BCUT2D eigenvalue weighted by atomic mass is 16.5. The number of nitrogens with one attached hydrogen (secondary N) is 2. The second-order valence-corrected chi connectivity index (χ2v) is 5.93. The van der Waals surface area contributed by atoms with Gasteiger partial charge in [0, 0.05) is 30.1 Å². The van der Waals surface area contributed by atoms with Gasteiger partial charge in [-0.2, -0.15) is 0 Å². The Morgan fingerprint density at radius 1 is 1.11 bits per heavy atom. The fourth-order valence-electron chi connectivity index (χ4n) is 2.50. The van der Waals surface area contributed by atoms with Crippen molar-refractivity contribution in [3.05, 3.63) is 42.1 Å². The Kier molecular flexibility index (Phi) is 8.91. The minimum Gasteiger partial charge on any atom is -0.493 e. The summed E-state index contributed by atoms with van der Waals surface area (Å²) in [6.45, 7) is 8.43. The number of aromatic nitrogens is 1. The normalized spacial score (nSPS) is 11.1. The van der Waals surface area contributed by atoms with E-state index in [0.29, 0.717) is 43.1 Å². The molecule has 152 valence electrons. The third-order valence-corrected chi connectivity index (χ3v) is 3.77. The Bertz CT molecular complexity index is 765. The first-order valence-electron chi connectivity index (χ1n) is 9.64. The number of benzene rings is 1. The van der Waals surface area contributed by atoms with Crippen LogP contribution in [0.2, 0.25) is 0 Å². The summed E-state index contributed by atoms with van der Waals surface area (Å²) < 4.78 is 16.7. The van der Waals surface area contributed by atoms with Crippen LogP contribution in [-0.4, -0.2) is 37.8 Å². The number of ether oxygens (including phenoxy) is 3. The molecule has 0 bridgehead atoms. The lowest BCUT2D eigenvalue weighted by atomic mass is 10.2. The van der Waals surface area contributed by atoms with Gasteiger partial charge < -0.3 is 24.8 Å². The molecule has 2 rings (SSSR count). The number of guanidine groups is 1. The second kappa shape index (κ2) is 11.7. The molecule has 0 aliphatic heterocycles. The molecule has 7 nitrogen and oxygen atoms in total. The van der Waals surface area contributed by atoms with Crippen LogP contribution in [0.15, 0.2) is 41.5 Å². The quantitative estimate of drug-likeness (QED) is 0.477. The highest BCUT2D eigenvalue weighted by Gasteiger charge is 2.08. The highest BCUT2D eigenvalue weighted by Crippen LogP contribution is 2.30. The summed E-state index contributed by atoms with van der Waals surface area (Å²) in [6.07, 6.45) is 2.66. The molecule has 0 aliphatic rings. The molecule has 0 amide bonds. The maximum absolute atomic E-state index is 5.71. The second-order valence-electron chi connectivity index (χ2n) is 5.93. The van der Waals surface area contributed by atoms with Gasteiger partial charge in [-0.25, -0.2) is 9.98 Å². The van der Waals surface area contributed by atoms with Crippen LogP contribution in [0.1, 0.15) is 32.8 Å². The first-order chi connectivity index (χ1) is 13.7. The van der Waals surface area contributed by atoms with Crippen LogP contribution in [0, 0.1) is 0 Å². The fraction of sp³-hybridized carbons (Fsp3) is 0.429. The van der Waals surface area contributed by atoms with Crippen LogP contribution in [-0.2, 0) is 6.54 Å². The Morgan fingerprint density at radius 2 is 1.96 bits per heavy atom. The van der Waals surface area contributed by atoms with E-state index in [1.165, 1.54) is 0 Å². The molecule has 0 atom stereocenters. The maximum atomic E-state index is 5.71. The zero-order valence-corrected chi connectivity index (χ0v) is 17.1. The van der Waals surface area contributed by atoms with Crippen molar-refractivity contribution >= 4 is 11.6 Å². The van der Waals surface area contributed by atoms with Crippen LogP contribution in [0.5, 0.6) is 17.4 Å². The standard InChI is InChI=1S/C21H30N4O3/c1-5-13-28-20-16(9-8-12-23-20)15-24-21(22-6-2)25-17-10-11-18(26-4)19(14-17)27-7-3/h8-12,14H,5-7,13,15H2,1-4H3,(H2,22,24,25). The summed E-state index contributed by atoms with van der Waals surface area (Å²) in [4.78, 5) is 8.98. The summed E-state index contributed by atoms with van der Waals surface area (Å²) in [5.41, 5.74) is 1.80. The van der Waals surface area contributed by atoms with Gasteiger partial charge >= 0.3 is 0 Å². The molecule has 7 heteroatoms. The number of rotatable bonds is 10. The van der Waals surface area contributed by atoms with Crippen molar-refractivity contribution < 1.29 is 14.2 Å². The molecule has 1 aromatic carbocycles. The van der Waals surface area contributed by atoms with Crippen molar-refractivity contribution in [2.75, 3.05) is 32.2 Å². The minimum absolute atomic E-state index is 0.455. The number of methoxy groups -OCH3 is 1. The van der Waals surface area contributed by atoms with Crippen LogP contribution in [0.4, 0.5) is 5.69 Å². The smallest absolute Gasteiger partial charge is 0.218 e. The van der Waals surface area contributed by atoms with E-state index < -0.39 is 0 Å². The van der Waals surface area contributed by atoms with Crippen molar-refractivity contribution in [1.82, 2.24) is 10.3 Å². The van der Waals surface area contributed by atoms with Gasteiger partial charge in [-0.3, -0.25) is 0 Å². The van der Waals surface area contributed by atoms with Crippen LogP contribution in [0.3, 0.4) is 0 Å². The van der Waals surface area contributed by atoms with E-state index in [1.807, 2.05) is 44.2 Å². The number of pyridine rings is 1. The predicted molar refractivity (Wildman–Crippen MR) is 113 cm³/mol. The minimum atomic E-state index is 0.455. The van der Waals surface area contributed by atoms with Crippen molar-refractivity contribution in [2.45, 2.75) is 33.7 Å². The largest absolute Gasteiger partial charge is 0.493 e. The molecular formula is C21H30N4O3. The van der Waals surface area contributed by atoms with E-state index in [2.05, 4.69) is 27.5 Å². The van der Waals surface area contributed by atoms with Crippen molar-refractivity contribution in [1.29, 1.82) is 0 Å². The molecular weight excluding hydrogens is 356 g/mol. The van der Waals surface area contributed by atoms with Crippen molar-refractivity contribution in [3.63, 3.8) is 0 Å². The predicted octanol–water partition coefficient (Wildman–Crippen LogP) is 3.86. The van der Waals surface area contributed by atoms with Gasteiger partial charge in [0.2, 0.25) is 5.88 Å². The van der Waals surface area contributed by atoms with Gasteiger partial charge in [-0.05, 0) is 38.5 Å². The van der Waals surface area contributed by atoms with E-state index in [0.717, 1.165) is 24.2 Å². The highest BCUT2D eigenvalue weighted by molar-refractivity contribution is 5.93. The molecule has 0 saturated carbocycles. The number of aliphatic imine (C=N–C) groups is 1. The van der Waals surface area contributed by atoms with Gasteiger partial charge in [-0.1, -0.05) is 13.0 Å². The number of hydrogen-bond donors (Lipinski definition) is 2. The maximum Gasteiger partial charge on any atom is 0.218 e. The van der Waals surface area contributed by atoms with E-state index in [9.17, 15) is 0 Å². The van der Waals surface area contributed by atoms with Crippen LogP contribution in [0.25, 0.3) is 0 Å². The lowest BCUT2D eigenvalue weighted by Gasteiger charge is -2.15. The van der Waals surface area contributed by atoms with Gasteiger partial charge in [0.15, 0.2) is 17.5 Å². The third-order valence-electron chi connectivity index (χ3n) is 3.77.